The normalized spacial score (nSPS) is 10.8. The van der Waals surface area contributed by atoms with Crippen LogP contribution in [0.5, 0.6) is 0 Å². The minimum absolute atomic E-state index is 0.0815. The van der Waals surface area contributed by atoms with Crippen LogP contribution >= 0.6 is 0 Å². The van der Waals surface area contributed by atoms with E-state index in [1.165, 1.54) is 11.1 Å². The molecule has 0 spiro atoms. The number of rotatable bonds is 7. The number of carbonyl (C=O) groups excluding carboxylic acids is 1. The molecule has 1 aromatic rings. The summed E-state index contributed by atoms with van der Waals surface area (Å²) in [5, 5.41) is 11.4. The van der Waals surface area contributed by atoms with E-state index in [0.29, 0.717) is 11.1 Å². The van der Waals surface area contributed by atoms with Crippen molar-refractivity contribution in [1.29, 1.82) is 0 Å². The molecule has 8 heteroatoms. The molecular formula is C11H18F2N4O2. The Kier molecular flexibility index (Phi) is 6.20. The molecule has 2 N–H and O–H groups in total. The third-order valence-electron chi connectivity index (χ3n) is 2.51. The van der Waals surface area contributed by atoms with E-state index in [1.54, 1.807) is 0 Å². The zero-order valence-corrected chi connectivity index (χ0v) is 10.7. The van der Waals surface area contributed by atoms with Gasteiger partial charge in [0, 0.05) is 25.5 Å². The third kappa shape index (κ3) is 4.47. The summed E-state index contributed by atoms with van der Waals surface area (Å²) >= 11 is 0. The Morgan fingerprint density at radius 2 is 2.32 bits per heavy atom. The standard InChI is InChI=1S/C11H18F2N4O2/c1-2-4-16(6-7-18)11(19)15-8-9-14-3-5-17(9)10(12)13/h3,5,10,18H,2,4,6-8H2,1H3,(H,15,19). The van der Waals surface area contributed by atoms with Gasteiger partial charge in [0.25, 0.3) is 0 Å². The monoisotopic (exact) mass is 276 g/mol. The number of nitrogens with zero attached hydrogens (tertiary/aromatic N) is 3. The van der Waals surface area contributed by atoms with Crippen molar-refractivity contribution in [3.63, 3.8) is 0 Å². The lowest BCUT2D eigenvalue weighted by Gasteiger charge is -2.21. The minimum Gasteiger partial charge on any atom is -0.395 e. The molecule has 0 radical (unpaired) electrons. The Labute approximate surface area is 110 Å². The molecule has 0 bridgehead atoms. The van der Waals surface area contributed by atoms with Crippen LogP contribution in [0.3, 0.4) is 0 Å². The number of alkyl halides is 2. The third-order valence-corrected chi connectivity index (χ3v) is 2.51. The van der Waals surface area contributed by atoms with E-state index in [9.17, 15) is 13.6 Å². The number of aliphatic hydroxyl groups is 1. The van der Waals surface area contributed by atoms with Crippen LogP contribution in [-0.2, 0) is 6.54 Å². The van der Waals surface area contributed by atoms with Crippen molar-refractivity contribution < 1.29 is 18.7 Å². The molecule has 108 valence electrons. The number of nitrogens with one attached hydrogen (secondary N) is 1. The predicted octanol–water partition coefficient (Wildman–Crippen LogP) is 1.19. The van der Waals surface area contributed by atoms with Crippen molar-refractivity contribution in [2.24, 2.45) is 0 Å². The average Bonchev–Trinajstić information content (AvgIpc) is 2.84. The number of aliphatic hydroxyl groups excluding tert-OH is 1. The predicted molar refractivity (Wildman–Crippen MR) is 64.7 cm³/mol. The Bertz CT molecular complexity index is 392. The maximum absolute atomic E-state index is 12.6. The lowest BCUT2D eigenvalue weighted by molar-refractivity contribution is 0.0666. The Morgan fingerprint density at radius 3 is 2.89 bits per heavy atom. The second kappa shape index (κ2) is 7.67. The highest BCUT2D eigenvalue weighted by atomic mass is 19.3. The van der Waals surface area contributed by atoms with Crippen LogP contribution in [0.2, 0.25) is 0 Å². The van der Waals surface area contributed by atoms with Crippen molar-refractivity contribution in [2.75, 3.05) is 19.7 Å². The molecule has 6 nitrogen and oxygen atoms in total. The van der Waals surface area contributed by atoms with Gasteiger partial charge in [-0.25, -0.2) is 9.78 Å². The van der Waals surface area contributed by atoms with Gasteiger partial charge in [0.05, 0.1) is 13.2 Å². The summed E-state index contributed by atoms with van der Waals surface area (Å²) in [4.78, 5) is 17.0. The number of hydrogen-bond donors (Lipinski definition) is 2. The molecule has 0 aliphatic rings. The average molecular weight is 276 g/mol. The van der Waals surface area contributed by atoms with E-state index in [-0.39, 0.29) is 25.5 Å². The summed E-state index contributed by atoms with van der Waals surface area (Å²) in [5.41, 5.74) is 0. The van der Waals surface area contributed by atoms with Gasteiger partial charge in [-0.3, -0.25) is 4.57 Å². The zero-order valence-electron chi connectivity index (χ0n) is 10.7. The van der Waals surface area contributed by atoms with Crippen LogP contribution in [0.4, 0.5) is 13.6 Å². The molecule has 0 aliphatic carbocycles. The molecule has 1 aromatic heterocycles. The molecule has 1 heterocycles. The first kappa shape index (κ1) is 15.4. The van der Waals surface area contributed by atoms with Crippen LogP contribution in [0.25, 0.3) is 0 Å². The fourth-order valence-corrected chi connectivity index (χ4v) is 1.63. The summed E-state index contributed by atoms with van der Waals surface area (Å²) in [6, 6.07) is -0.403. The molecule has 1 rings (SSSR count). The second-order valence-electron chi connectivity index (χ2n) is 3.90. The number of carbonyl (C=O) groups is 1. The molecule has 0 aromatic carbocycles. The minimum atomic E-state index is -2.68. The number of hydrogen-bond acceptors (Lipinski definition) is 3. The molecule has 2 amide bonds. The van der Waals surface area contributed by atoms with Gasteiger partial charge in [-0.05, 0) is 6.42 Å². The first-order valence-electron chi connectivity index (χ1n) is 6.03. The van der Waals surface area contributed by atoms with Crippen LogP contribution < -0.4 is 5.32 Å². The second-order valence-corrected chi connectivity index (χ2v) is 3.90. The first-order chi connectivity index (χ1) is 9.10. The summed E-state index contributed by atoms with van der Waals surface area (Å²) in [5.74, 6) is 0.0868. The van der Waals surface area contributed by atoms with Crippen LogP contribution in [0.15, 0.2) is 12.4 Å². The largest absolute Gasteiger partial charge is 0.395 e. The van der Waals surface area contributed by atoms with Crippen molar-refractivity contribution in [3.05, 3.63) is 18.2 Å². The lowest BCUT2D eigenvalue weighted by Crippen LogP contribution is -2.42. The Hall–Kier alpha value is -1.70. The quantitative estimate of drug-likeness (QED) is 0.786. The smallest absolute Gasteiger partial charge is 0.319 e. The molecule has 0 atom stereocenters. The Morgan fingerprint density at radius 1 is 1.58 bits per heavy atom. The van der Waals surface area contributed by atoms with E-state index in [0.717, 1.165) is 12.6 Å². The first-order valence-corrected chi connectivity index (χ1v) is 6.03. The fraction of sp³-hybridized carbons (Fsp3) is 0.636. The van der Waals surface area contributed by atoms with E-state index >= 15 is 0 Å². The summed E-state index contributed by atoms with van der Waals surface area (Å²) in [7, 11) is 0. The topological polar surface area (TPSA) is 70.4 Å². The van der Waals surface area contributed by atoms with E-state index in [1.807, 2.05) is 6.92 Å². The van der Waals surface area contributed by atoms with Crippen LogP contribution in [0.1, 0.15) is 25.7 Å². The lowest BCUT2D eigenvalue weighted by atomic mass is 10.4. The number of halogens is 2. The van der Waals surface area contributed by atoms with Crippen molar-refractivity contribution >= 4 is 6.03 Å². The summed E-state index contributed by atoms with van der Waals surface area (Å²) in [6.07, 6.45) is 3.16. The van der Waals surface area contributed by atoms with Gasteiger partial charge in [0.15, 0.2) is 0 Å². The van der Waals surface area contributed by atoms with Gasteiger partial charge < -0.3 is 15.3 Å². The number of urea groups is 1. The SMILES string of the molecule is CCCN(CCO)C(=O)NCc1nccn1C(F)F. The highest BCUT2D eigenvalue weighted by Crippen LogP contribution is 2.11. The zero-order chi connectivity index (χ0) is 14.3. The van der Waals surface area contributed by atoms with Gasteiger partial charge in [-0.2, -0.15) is 8.78 Å². The highest BCUT2D eigenvalue weighted by Gasteiger charge is 2.15. The van der Waals surface area contributed by atoms with Crippen LogP contribution in [-0.4, -0.2) is 45.3 Å². The summed E-state index contributed by atoms with van der Waals surface area (Å²) in [6.45, 7) is -0.292. The fourth-order valence-electron chi connectivity index (χ4n) is 1.63. The van der Waals surface area contributed by atoms with Gasteiger partial charge >= 0.3 is 12.6 Å². The van der Waals surface area contributed by atoms with Crippen molar-refractivity contribution in [3.8, 4) is 0 Å². The summed E-state index contributed by atoms with van der Waals surface area (Å²) < 4.78 is 25.8. The number of amides is 2. The Balaban J connectivity index is 2.54. The maximum atomic E-state index is 12.6. The van der Waals surface area contributed by atoms with Gasteiger partial charge in [-0.15, -0.1) is 0 Å². The van der Waals surface area contributed by atoms with Gasteiger partial charge in [0.2, 0.25) is 0 Å². The molecule has 0 saturated carbocycles. The molecule has 19 heavy (non-hydrogen) atoms. The molecular weight excluding hydrogens is 258 g/mol. The maximum Gasteiger partial charge on any atom is 0.319 e. The van der Waals surface area contributed by atoms with E-state index < -0.39 is 12.6 Å². The number of imidazole rings is 1. The van der Waals surface area contributed by atoms with Crippen LogP contribution in [0, 0.1) is 0 Å². The molecule has 0 fully saturated rings. The highest BCUT2D eigenvalue weighted by molar-refractivity contribution is 5.74. The molecule has 0 unspecified atom stereocenters. The van der Waals surface area contributed by atoms with Crippen molar-refractivity contribution in [2.45, 2.75) is 26.4 Å². The van der Waals surface area contributed by atoms with E-state index in [2.05, 4.69) is 10.3 Å². The number of aromatic nitrogens is 2. The molecule has 0 saturated heterocycles. The van der Waals surface area contributed by atoms with Crippen molar-refractivity contribution in [1.82, 2.24) is 19.8 Å². The molecule has 0 aliphatic heterocycles. The van der Waals surface area contributed by atoms with Gasteiger partial charge in [0.1, 0.15) is 5.82 Å². The van der Waals surface area contributed by atoms with Gasteiger partial charge in [-0.1, -0.05) is 6.92 Å². The van der Waals surface area contributed by atoms with E-state index in [4.69, 9.17) is 5.11 Å².